The number of rotatable bonds is 8. The molecule has 0 unspecified atom stereocenters. The van der Waals surface area contributed by atoms with Crippen LogP contribution in [0.2, 0.25) is 0 Å². The van der Waals surface area contributed by atoms with Gasteiger partial charge in [-0.1, -0.05) is 16.6 Å². The molecular formula is C22H28N2O6S. The van der Waals surface area contributed by atoms with Crippen LogP contribution in [0, 0.1) is 0 Å². The molecule has 1 aliphatic heterocycles. The molecule has 0 bridgehead atoms. The van der Waals surface area contributed by atoms with Crippen molar-refractivity contribution in [3.63, 3.8) is 0 Å². The van der Waals surface area contributed by atoms with Gasteiger partial charge < -0.3 is 14.8 Å². The monoisotopic (exact) mass is 448 g/mol. The smallest absolute Gasteiger partial charge is 0.264 e. The van der Waals surface area contributed by atoms with Crippen molar-refractivity contribution >= 4 is 15.9 Å². The molecule has 0 spiro atoms. The molecule has 0 atom stereocenters. The Bertz CT molecular complexity index is 984. The number of nitrogens with one attached hydrogen (secondary N) is 1. The fourth-order valence-electron chi connectivity index (χ4n) is 3.65. The van der Waals surface area contributed by atoms with Gasteiger partial charge in [-0.3, -0.25) is 9.63 Å². The SMILES string of the molecule is COc1ccc(C2(CNC(=O)c3ccc(S(=O)(=O)N(C)OC)cc3)CCOCC2)cc1. The lowest BCUT2D eigenvalue weighted by Gasteiger charge is -2.38. The van der Waals surface area contributed by atoms with E-state index in [1.807, 2.05) is 24.3 Å². The van der Waals surface area contributed by atoms with Crippen molar-refractivity contribution in [3.8, 4) is 5.75 Å². The first-order chi connectivity index (χ1) is 14.8. The molecule has 0 radical (unpaired) electrons. The van der Waals surface area contributed by atoms with Crippen molar-refractivity contribution in [2.75, 3.05) is 41.0 Å². The fourth-order valence-corrected chi connectivity index (χ4v) is 4.62. The highest BCUT2D eigenvalue weighted by atomic mass is 32.2. The quantitative estimate of drug-likeness (QED) is 0.623. The van der Waals surface area contributed by atoms with Crippen LogP contribution in [0.4, 0.5) is 0 Å². The number of amides is 1. The summed E-state index contributed by atoms with van der Waals surface area (Å²) in [4.78, 5) is 17.6. The highest BCUT2D eigenvalue weighted by molar-refractivity contribution is 7.89. The third kappa shape index (κ3) is 5.07. The number of carbonyl (C=O) groups is 1. The van der Waals surface area contributed by atoms with Gasteiger partial charge >= 0.3 is 0 Å². The van der Waals surface area contributed by atoms with Gasteiger partial charge in [0.25, 0.3) is 15.9 Å². The molecule has 1 heterocycles. The second-order valence-electron chi connectivity index (χ2n) is 7.43. The van der Waals surface area contributed by atoms with E-state index < -0.39 is 10.0 Å². The Morgan fingerprint density at radius 3 is 2.23 bits per heavy atom. The number of ether oxygens (including phenoxy) is 2. The molecule has 2 aromatic carbocycles. The van der Waals surface area contributed by atoms with Gasteiger partial charge in [0.15, 0.2) is 0 Å². The number of hydrogen-bond donors (Lipinski definition) is 1. The lowest BCUT2D eigenvalue weighted by Crippen LogP contribution is -2.44. The van der Waals surface area contributed by atoms with Crippen molar-refractivity contribution in [1.29, 1.82) is 0 Å². The zero-order valence-electron chi connectivity index (χ0n) is 18.0. The van der Waals surface area contributed by atoms with Crippen LogP contribution in [0.3, 0.4) is 0 Å². The number of hydrogen-bond acceptors (Lipinski definition) is 6. The first-order valence-electron chi connectivity index (χ1n) is 9.96. The molecule has 1 saturated heterocycles. The molecule has 2 aromatic rings. The van der Waals surface area contributed by atoms with Crippen molar-refractivity contribution in [2.24, 2.45) is 0 Å². The van der Waals surface area contributed by atoms with Crippen LogP contribution >= 0.6 is 0 Å². The van der Waals surface area contributed by atoms with Gasteiger partial charge in [-0.15, -0.1) is 0 Å². The van der Waals surface area contributed by atoms with Crippen LogP contribution < -0.4 is 10.1 Å². The summed E-state index contributed by atoms with van der Waals surface area (Å²) in [5.74, 6) is 0.521. The Balaban J connectivity index is 1.74. The van der Waals surface area contributed by atoms with E-state index in [1.165, 1.54) is 38.4 Å². The lowest BCUT2D eigenvalue weighted by atomic mass is 9.74. The van der Waals surface area contributed by atoms with Gasteiger partial charge in [0.2, 0.25) is 0 Å². The summed E-state index contributed by atoms with van der Waals surface area (Å²) in [5.41, 5.74) is 1.28. The van der Waals surface area contributed by atoms with E-state index in [1.54, 1.807) is 7.11 Å². The van der Waals surface area contributed by atoms with Crippen LogP contribution in [-0.2, 0) is 25.0 Å². The van der Waals surface area contributed by atoms with Crippen molar-refractivity contribution in [2.45, 2.75) is 23.2 Å². The zero-order valence-corrected chi connectivity index (χ0v) is 18.8. The maximum Gasteiger partial charge on any atom is 0.264 e. The van der Waals surface area contributed by atoms with Crippen LogP contribution in [0.1, 0.15) is 28.8 Å². The average molecular weight is 449 g/mol. The summed E-state index contributed by atoms with van der Waals surface area (Å²) in [6.07, 6.45) is 1.58. The fraction of sp³-hybridized carbons (Fsp3) is 0.409. The summed E-state index contributed by atoms with van der Waals surface area (Å²) in [7, 11) is 0.451. The molecule has 0 aromatic heterocycles. The number of hydroxylamine groups is 1. The maximum absolute atomic E-state index is 12.8. The number of carbonyl (C=O) groups excluding carboxylic acids is 1. The van der Waals surface area contributed by atoms with Gasteiger partial charge in [0.05, 0.1) is 19.1 Å². The Labute approximate surface area is 183 Å². The van der Waals surface area contributed by atoms with Gasteiger partial charge in [-0.2, -0.15) is 0 Å². The van der Waals surface area contributed by atoms with Crippen LogP contribution in [0.5, 0.6) is 5.75 Å². The first-order valence-corrected chi connectivity index (χ1v) is 11.4. The van der Waals surface area contributed by atoms with Gasteiger partial charge in [0.1, 0.15) is 5.75 Å². The molecular weight excluding hydrogens is 420 g/mol. The van der Waals surface area contributed by atoms with Gasteiger partial charge in [0, 0.05) is 37.8 Å². The minimum absolute atomic E-state index is 0.0486. The number of benzene rings is 2. The second kappa shape index (κ2) is 9.78. The van der Waals surface area contributed by atoms with Crippen LogP contribution in [-0.4, -0.2) is 59.8 Å². The standard InChI is InChI=1S/C22H28N2O6S/c1-24(29-3)31(26,27)20-10-4-17(5-11-20)21(25)23-16-22(12-14-30-15-13-22)18-6-8-19(28-2)9-7-18/h4-11H,12-16H2,1-3H3,(H,23,25). The maximum atomic E-state index is 12.8. The number of sulfonamides is 1. The Hall–Kier alpha value is -2.46. The van der Waals surface area contributed by atoms with E-state index in [4.69, 9.17) is 14.3 Å². The van der Waals surface area contributed by atoms with E-state index >= 15 is 0 Å². The molecule has 1 aliphatic rings. The molecule has 31 heavy (non-hydrogen) atoms. The molecule has 0 saturated carbocycles. The molecule has 1 fully saturated rings. The van der Waals surface area contributed by atoms with Crippen LogP contribution in [0.15, 0.2) is 53.4 Å². The summed E-state index contributed by atoms with van der Waals surface area (Å²) in [6, 6.07) is 13.7. The second-order valence-corrected chi connectivity index (χ2v) is 9.36. The van der Waals surface area contributed by atoms with Gasteiger partial charge in [-0.25, -0.2) is 8.42 Å². The third-order valence-corrected chi connectivity index (χ3v) is 7.44. The average Bonchev–Trinajstić information content (AvgIpc) is 2.82. The highest BCUT2D eigenvalue weighted by Crippen LogP contribution is 2.35. The van der Waals surface area contributed by atoms with E-state index in [0.29, 0.717) is 25.3 Å². The predicted molar refractivity (Wildman–Crippen MR) is 115 cm³/mol. The van der Waals surface area contributed by atoms with Crippen LogP contribution in [0.25, 0.3) is 0 Å². The topological polar surface area (TPSA) is 94.2 Å². The lowest BCUT2D eigenvalue weighted by molar-refractivity contribution is -0.0258. The number of methoxy groups -OCH3 is 1. The number of nitrogens with zero attached hydrogens (tertiary/aromatic N) is 1. The van der Waals surface area contributed by atoms with E-state index in [0.717, 1.165) is 28.6 Å². The Morgan fingerprint density at radius 1 is 1.06 bits per heavy atom. The molecule has 168 valence electrons. The molecule has 1 amide bonds. The molecule has 3 rings (SSSR count). The van der Waals surface area contributed by atoms with Crippen molar-refractivity contribution in [1.82, 2.24) is 9.79 Å². The summed E-state index contributed by atoms with van der Waals surface area (Å²) in [5, 5.41) is 3.02. The minimum Gasteiger partial charge on any atom is -0.497 e. The van der Waals surface area contributed by atoms with Crippen molar-refractivity contribution < 1.29 is 27.5 Å². The summed E-state index contributed by atoms with van der Waals surface area (Å²) >= 11 is 0. The molecule has 0 aliphatic carbocycles. The Kier molecular flexibility index (Phi) is 7.32. The predicted octanol–water partition coefficient (Wildman–Crippen LogP) is 2.36. The molecule has 8 nitrogen and oxygen atoms in total. The van der Waals surface area contributed by atoms with E-state index in [9.17, 15) is 13.2 Å². The summed E-state index contributed by atoms with van der Waals surface area (Å²) in [6.45, 7) is 1.71. The van der Waals surface area contributed by atoms with E-state index in [2.05, 4.69) is 5.32 Å². The summed E-state index contributed by atoms with van der Waals surface area (Å²) < 4.78 is 36.2. The normalized spacial score (nSPS) is 16.1. The molecule has 1 N–H and O–H groups in total. The largest absolute Gasteiger partial charge is 0.497 e. The Morgan fingerprint density at radius 2 is 1.68 bits per heavy atom. The van der Waals surface area contributed by atoms with E-state index in [-0.39, 0.29) is 16.2 Å². The molecule has 9 heteroatoms. The highest BCUT2D eigenvalue weighted by Gasteiger charge is 2.35. The third-order valence-electron chi connectivity index (χ3n) is 5.75. The van der Waals surface area contributed by atoms with Crippen molar-refractivity contribution in [3.05, 3.63) is 59.7 Å². The van der Waals surface area contributed by atoms with Gasteiger partial charge in [-0.05, 0) is 54.8 Å². The zero-order chi connectivity index (χ0) is 22.5. The minimum atomic E-state index is -3.76. The first kappa shape index (κ1) is 23.2.